The molecule has 5 N–H and O–H groups in total. The second kappa shape index (κ2) is 9.59. The Hall–Kier alpha value is -5.37. The van der Waals surface area contributed by atoms with Crippen LogP contribution in [0.15, 0.2) is 58.0 Å². The first-order chi connectivity index (χ1) is 18.6. The number of oxazole rings is 1. The summed E-state index contributed by atoms with van der Waals surface area (Å²) in [5.74, 6) is 1.43. The van der Waals surface area contributed by atoms with Gasteiger partial charge in [0.15, 0.2) is 29.0 Å². The van der Waals surface area contributed by atoms with Gasteiger partial charge in [0, 0.05) is 31.3 Å². The number of imidazole rings is 1. The Morgan fingerprint density at radius 2 is 1.84 bits per heavy atom. The van der Waals surface area contributed by atoms with Crippen molar-refractivity contribution in [3.63, 3.8) is 0 Å². The van der Waals surface area contributed by atoms with Crippen molar-refractivity contribution in [2.24, 2.45) is 12.8 Å². The Balaban J connectivity index is 1.35. The molecule has 4 heterocycles. The first-order valence-electron chi connectivity index (χ1n) is 11.5. The molecule has 2 aromatic carbocycles. The van der Waals surface area contributed by atoms with E-state index < -0.39 is 0 Å². The highest BCUT2D eigenvalue weighted by Gasteiger charge is 2.16. The molecule has 0 radical (unpaired) electrons. The smallest absolute Gasteiger partial charge is 0.248 e. The monoisotopic (exact) mass is 511 g/mol. The predicted octanol–water partition coefficient (Wildman–Crippen LogP) is 2.90. The molecule has 6 aromatic rings. The second-order valence-corrected chi connectivity index (χ2v) is 8.23. The quantitative estimate of drug-likeness (QED) is 0.208. The average Bonchev–Trinajstić information content (AvgIpc) is 3.68. The van der Waals surface area contributed by atoms with Crippen molar-refractivity contribution < 1.29 is 13.6 Å². The van der Waals surface area contributed by atoms with Gasteiger partial charge in [-0.2, -0.15) is 9.97 Å². The number of fused-ring (bicyclic) bond motifs is 2. The van der Waals surface area contributed by atoms with Crippen molar-refractivity contribution in [1.82, 2.24) is 34.7 Å². The highest BCUT2D eigenvalue weighted by molar-refractivity contribution is 5.88. The van der Waals surface area contributed by atoms with Gasteiger partial charge in [-0.1, -0.05) is 0 Å². The maximum absolute atomic E-state index is 11.3. The minimum atomic E-state index is 0.284. The van der Waals surface area contributed by atoms with Crippen molar-refractivity contribution in [3.05, 3.63) is 49.1 Å². The lowest BCUT2D eigenvalue weighted by Gasteiger charge is -2.13. The molecule has 6 rings (SSSR count). The van der Waals surface area contributed by atoms with Crippen LogP contribution in [-0.4, -0.2) is 54.2 Å². The number of carbonyl (C=O) groups is 1. The van der Waals surface area contributed by atoms with E-state index in [1.54, 1.807) is 35.2 Å². The zero-order chi connectivity index (χ0) is 26.1. The van der Waals surface area contributed by atoms with Crippen molar-refractivity contribution in [2.75, 3.05) is 29.0 Å². The van der Waals surface area contributed by atoms with Crippen LogP contribution in [0.1, 0.15) is 0 Å². The van der Waals surface area contributed by atoms with E-state index in [0.717, 1.165) is 5.52 Å². The molecule has 14 nitrogen and oxygen atoms in total. The zero-order valence-corrected chi connectivity index (χ0v) is 20.0. The van der Waals surface area contributed by atoms with E-state index in [9.17, 15) is 4.79 Å². The van der Waals surface area contributed by atoms with Crippen LogP contribution in [0.25, 0.3) is 45.2 Å². The lowest BCUT2D eigenvalue weighted by Crippen LogP contribution is -2.15. The Labute approximate surface area is 214 Å². The third-order valence-electron chi connectivity index (χ3n) is 5.73. The molecule has 0 atom stereocenters. The Morgan fingerprint density at radius 1 is 1.03 bits per heavy atom. The van der Waals surface area contributed by atoms with Gasteiger partial charge in [0.05, 0.1) is 17.7 Å². The fourth-order valence-electron chi connectivity index (χ4n) is 3.91. The molecule has 0 spiro atoms. The summed E-state index contributed by atoms with van der Waals surface area (Å²) in [6.07, 6.45) is 3.62. The van der Waals surface area contributed by atoms with Crippen molar-refractivity contribution in [1.29, 1.82) is 0 Å². The van der Waals surface area contributed by atoms with E-state index >= 15 is 0 Å². The number of rotatable bonds is 9. The van der Waals surface area contributed by atoms with Crippen LogP contribution in [0.4, 0.5) is 23.1 Å². The molecule has 1 amide bonds. The largest absolute Gasteiger partial charge is 0.443 e. The number of hydrogen-bond donors (Lipinski definition) is 4. The van der Waals surface area contributed by atoms with Crippen LogP contribution >= 0.6 is 0 Å². The molecule has 4 aromatic heterocycles. The number of aryl methyl sites for hydroxylation is 1. The molecule has 0 aliphatic rings. The van der Waals surface area contributed by atoms with Crippen molar-refractivity contribution in [3.8, 4) is 22.9 Å². The zero-order valence-electron chi connectivity index (χ0n) is 20.0. The van der Waals surface area contributed by atoms with Gasteiger partial charge in [0.25, 0.3) is 0 Å². The molecule has 0 saturated heterocycles. The lowest BCUT2D eigenvalue weighted by atomic mass is 10.1. The number of hydrogen-bond acceptors (Lipinski definition) is 12. The van der Waals surface area contributed by atoms with E-state index in [1.165, 1.54) is 6.39 Å². The minimum Gasteiger partial charge on any atom is -0.443 e. The lowest BCUT2D eigenvalue weighted by molar-refractivity contribution is -0.105. The van der Waals surface area contributed by atoms with E-state index in [4.69, 9.17) is 14.6 Å². The van der Waals surface area contributed by atoms with E-state index in [1.807, 2.05) is 19.2 Å². The highest BCUT2D eigenvalue weighted by Crippen LogP contribution is 2.32. The summed E-state index contributed by atoms with van der Waals surface area (Å²) in [4.78, 5) is 28.9. The fourth-order valence-corrected chi connectivity index (χ4v) is 3.91. The SMILES string of the molecule is Cn1cnc2c(NCCN)nc(Nc3cc(-c4nnc(-c5ccc6ncoc6c5)o4)ccc3NC=O)nc21. The van der Waals surface area contributed by atoms with Crippen LogP contribution in [0.3, 0.4) is 0 Å². The number of nitrogens with two attached hydrogens (primary N) is 1. The maximum Gasteiger partial charge on any atom is 0.248 e. The summed E-state index contributed by atoms with van der Waals surface area (Å²) in [6.45, 7) is 0.938. The normalized spacial score (nSPS) is 11.2. The molecule has 0 unspecified atom stereocenters. The summed E-state index contributed by atoms with van der Waals surface area (Å²) in [5.41, 5.74) is 10.6. The van der Waals surface area contributed by atoms with Gasteiger partial charge >= 0.3 is 0 Å². The third kappa shape index (κ3) is 4.24. The van der Waals surface area contributed by atoms with Gasteiger partial charge in [-0.25, -0.2) is 9.97 Å². The topological polar surface area (TPSA) is 188 Å². The van der Waals surface area contributed by atoms with Gasteiger partial charge in [-0.15, -0.1) is 10.2 Å². The molecule has 0 saturated carbocycles. The van der Waals surface area contributed by atoms with Gasteiger partial charge in [-0.05, 0) is 36.4 Å². The number of aromatic nitrogens is 7. The fraction of sp³-hybridized carbons (Fsp3) is 0.125. The van der Waals surface area contributed by atoms with Gasteiger partial charge in [-0.3, -0.25) is 4.79 Å². The second-order valence-electron chi connectivity index (χ2n) is 8.23. The standard InChI is InChI=1S/C24H21N11O3/c1-35-10-27-19-20(26-7-6-25)31-24(32-21(19)35)30-17-8-13(2-4-15(17)28-11-36)22-33-34-23(38-22)14-3-5-16-18(9-14)37-12-29-16/h2-5,8-12H,6-7,25H2,1H3,(H,28,36)(H2,26,30,31,32). The summed E-state index contributed by atoms with van der Waals surface area (Å²) in [5, 5.41) is 17.4. The van der Waals surface area contributed by atoms with Crippen LogP contribution in [-0.2, 0) is 11.8 Å². The van der Waals surface area contributed by atoms with Gasteiger partial charge < -0.3 is 35.1 Å². The molecular weight excluding hydrogens is 490 g/mol. The first-order valence-corrected chi connectivity index (χ1v) is 11.5. The third-order valence-corrected chi connectivity index (χ3v) is 5.73. The average molecular weight is 512 g/mol. The number of nitrogens with one attached hydrogen (secondary N) is 3. The molecular formula is C24H21N11O3. The maximum atomic E-state index is 11.3. The Bertz CT molecular complexity index is 1770. The molecule has 0 fully saturated rings. The molecule has 0 aliphatic heterocycles. The summed E-state index contributed by atoms with van der Waals surface area (Å²) >= 11 is 0. The van der Waals surface area contributed by atoms with Crippen molar-refractivity contribution in [2.45, 2.75) is 0 Å². The number of nitrogens with zero attached hydrogens (tertiary/aromatic N) is 7. The minimum absolute atomic E-state index is 0.284. The summed E-state index contributed by atoms with van der Waals surface area (Å²) in [7, 11) is 1.84. The van der Waals surface area contributed by atoms with E-state index in [0.29, 0.717) is 76.4 Å². The summed E-state index contributed by atoms with van der Waals surface area (Å²) < 4.78 is 13.1. The van der Waals surface area contributed by atoms with E-state index in [-0.39, 0.29) is 5.89 Å². The molecule has 38 heavy (non-hydrogen) atoms. The molecule has 0 bridgehead atoms. The molecule has 0 aliphatic carbocycles. The van der Waals surface area contributed by atoms with E-state index in [2.05, 4.69) is 46.1 Å². The van der Waals surface area contributed by atoms with Crippen LogP contribution < -0.4 is 21.7 Å². The Kier molecular flexibility index (Phi) is 5.82. The Morgan fingerprint density at radius 3 is 2.66 bits per heavy atom. The highest BCUT2D eigenvalue weighted by atomic mass is 16.4. The van der Waals surface area contributed by atoms with Gasteiger partial charge in [0.2, 0.25) is 24.1 Å². The number of amides is 1. The number of anilines is 4. The van der Waals surface area contributed by atoms with Crippen molar-refractivity contribution >= 4 is 51.8 Å². The number of carbonyl (C=O) groups excluding carboxylic acids is 1. The predicted molar refractivity (Wildman–Crippen MR) is 140 cm³/mol. The van der Waals surface area contributed by atoms with Crippen LogP contribution in [0, 0.1) is 0 Å². The number of benzene rings is 2. The molecule has 14 heteroatoms. The first kappa shape index (κ1) is 23.1. The summed E-state index contributed by atoms with van der Waals surface area (Å²) in [6, 6.07) is 10.7. The van der Waals surface area contributed by atoms with Crippen LogP contribution in [0.2, 0.25) is 0 Å². The van der Waals surface area contributed by atoms with Crippen LogP contribution in [0.5, 0.6) is 0 Å². The molecule has 190 valence electrons. The van der Waals surface area contributed by atoms with Gasteiger partial charge in [0.1, 0.15) is 5.52 Å².